The Balaban J connectivity index is 1.40. The zero-order valence-corrected chi connectivity index (χ0v) is 16.5. The highest BCUT2D eigenvalue weighted by Gasteiger charge is 2.22. The first-order valence-corrected chi connectivity index (χ1v) is 10.4. The van der Waals surface area contributed by atoms with Gasteiger partial charge in [-0.05, 0) is 31.7 Å². The van der Waals surface area contributed by atoms with Crippen LogP contribution in [0.25, 0.3) is 0 Å². The van der Waals surface area contributed by atoms with Gasteiger partial charge in [0.15, 0.2) is 5.13 Å². The number of hydrogen-bond donors (Lipinski definition) is 1. The highest BCUT2D eigenvalue weighted by molar-refractivity contribution is 7.17. The van der Waals surface area contributed by atoms with Gasteiger partial charge in [-0.1, -0.05) is 54.9 Å². The van der Waals surface area contributed by atoms with E-state index >= 15 is 0 Å². The van der Waals surface area contributed by atoms with Crippen molar-refractivity contribution in [2.24, 2.45) is 5.92 Å². The minimum absolute atomic E-state index is 0.0000574. The second kappa shape index (κ2) is 9.65. The van der Waals surface area contributed by atoms with Crippen LogP contribution in [0.15, 0.2) is 30.5 Å². The number of nitrogens with zero attached hydrogens (tertiary/aromatic N) is 1. The Morgan fingerprint density at radius 2 is 2.00 bits per heavy atom. The summed E-state index contributed by atoms with van der Waals surface area (Å²) in [5, 5.41) is 3.92. The highest BCUT2D eigenvalue weighted by atomic mass is 32.1. The van der Waals surface area contributed by atoms with E-state index in [0.29, 0.717) is 28.7 Å². The Bertz CT molecular complexity index is 781. The van der Waals surface area contributed by atoms with E-state index in [1.807, 2.05) is 31.2 Å². The molecular weight excluding hydrogens is 360 g/mol. The van der Waals surface area contributed by atoms with Gasteiger partial charge in [-0.2, -0.15) is 0 Å². The SMILES string of the molecule is Cc1ccccc1C(=O)c1cnc(NCCCOC(=O)C2CCCCC2)s1. The Labute approximate surface area is 164 Å². The fourth-order valence-corrected chi connectivity index (χ4v) is 4.11. The molecule has 1 saturated carbocycles. The second-order valence-corrected chi connectivity index (χ2v) is 7.99. The van der Waals surface area contributed by atoms with Crippen LogP contribution in [0.4, 0.5) is 5.13 Å². The second-order valence-electron chi connectivity index (χ2n) is 6.96. The van der Waals surface area contributed by atoms with Gasteiger partial charge in [-0.3, -0.25) is 9.59 Å². The molecule has 0 saturated heterocycles. The molecule has 27 heavy (non-hydrogen) atoms. The van der Waals surface area contributed by atoms with E-state index in [2.05, 4.69) is 10.3 Å². The number of carbonyl (C=O) groups excluding carboxylic acids is 2. The smallest absolute Gasteiger partial charge is 0.308 e. The van der Waals surface area contributed by atoms with Crippen molar-refractivity contribution in [3.8, 4) is 0 Å². The first-order chi connectivity index (χ1) is 13.1. The Morgan fingerprint density at radius 3 is 2.78 bits per heavy atom. The summed E-state index contributed by atoms with van der Waals surface area (Å²) >= 11 is 1.35. The van der Waals surface area contributed by atoms with Crippen LogP contribution in [-0.2, 0) is 9.53 Å². The number of hydrogen-bond acceptors (Lipinski definition) is 6. The molecule has 6 heteroatoms. The standard InChI is InChI=1S/C21H26N2O3S/c1-15-8-5-6-11-17(15)19(24)18-14-23-21(27-18)22-12-7-13-26-20(25)16-9-3-2-4-10-16/h5-6,8,11,14,16H,2-4,7,9-10,12-13H2,1H3,(H,22,23). The zero-order valence-electron chi connectivity index (χ0n) is 15.7. The number of aryl methyl sites for hydroxylation is 1. The third-order valence-corrected chi connectivity index (χ3v) is 5.85. The van der Waals surface area contributed by atoms with E-state index in [9.17, 15) is 9.59 Å². The topological polar surface area (TPSA) is 68.3 Å². The van der Waals surface area contributed by atoms with Gasteiger partial charge >= 0.3 is 5.97 Å². The summed E-state index contributed by atoms with van der Waals surface area (Å²) in [5.74, 6) is 0.0517. The van der Waals surface area contributed by atoms with Crippen LogP contribution < -0.4 is 5.32 Å². The number of esters is 1. The zero-order chi connectivity index (χ0) is 19.1. The minimum Gasteiger partial charge on any atom is -0.465 e. The third-order valence-electron chi connectivity index (χ3n) is 4.90. The van der Waals surface area contributed by atoms with E-state index in [4.69, 9.17) is 4.74 Å². The number of rotatable bonds is 8. The molecular formula is C21H26N2O3S. The molecule has 1 aliphatic carbocycles. The van der Waals surface area contributed by atoms with E-state index in [0.717, 1.165) is 37.7 Å². The highest BCUT2D eigenvalue weighted by Crippen LogP contribution is 2.25. The molecule has 0 bridgehead atoms. The lowest BCUT2D eigenvalue weighted by atomic mass is 9.89. The van der Waals surface area contributed by atoms with E-state index in [1.165, 1.54) is 17.8 Å². The van der Waals surface area contributed by atoms with Crippen molar-refractivity contribution in [3.63, 3.8) is 0 Å². The number of nitrogens with one attached hydrogen (secondary N) is 1. The molecule has 2 aromatic rings. The first kappa shape index (κ1) is 19.5. The Morgan fingerprint density at radius 1 is 1.22 bits per heavy atom. The quantitative estimate of drug-likeness (QED) is 0.408. The molecule has 1 N–H and O–H groups in total. The fourth-order valence-electron chi connectivity index (χ4n) is 3.32. The lowest BCUT2D eigenvalue weighted by molar-refractivity contribution is -0.149. The summed E-state index contributed by atoms with van der Waals surface area (Å²) < 4.78 is 5.38. The van der Waals surface area contributed by atoms with Crippen molar-refractivity contribution < 1.29 is 14.3 Å². The molecule has 1 aliphatic rings. The molecule has 0 unspecified atom stereocenters. The number of aromatic nitrogens is 1. The maximum absolute atomic E-state index is 12.6. The average molecular weight is 387 g/mol. The molecule has 1 heterocycles. The average Bonchev–Trinajstić information content (AvgIpc) is 3.17. The molecule has 1 fully saturated rings. The number of carbonyl (C=O) groups is 2. The Kier molecular flexibility index (Phi) is 6.98. The minimum atomic E-state index is -0.0462. The maximum Gasteiger partial charge on any atom is 0.308 e. The van der Waals surface area contributed by atoms with Crippen molar-refractivity contribution >= 4 is 28.2 Å². The van der Waals surface area contributed by atoms with Gasteiger partial charge in [-0.15, -0.1) is 0 Å². The van der Waals surface area contributed by atoms with E-state index in [1.54, 1.807) is 6.20 Å². The predicted molar refractivity (Wildman–Crippen MR) is 107 cm³/mol. The molecule has 0 amide bonds. The largest absolute Gasteiger partial charge is 0.465 e. The number of ketones is 1. The van der Waals surface area contributed by atoms with Gasteiger partial charge < -0.3 is 10.1 Å². The van der Waals surface area contributed by atoms with Crippen LogP contribution in [0, 0.1) is 12.8 Å². The number of ether oxygens (including phenoxy) is 1. The lowest BCUT2D eigenvalue weighted by Crippen LogP contribution is -2.21. The van der Waals surface area contributed by atoms with Crippen molar-refractivity contribution in [1.29, 1.82) is 0 Å². The first-order valence-electron chi connectivity index (χ1n) is 9.62. The molecule has 1 aromatic heterocycles. The third kappa shape index (κ3) is 5.39. The van der Waals surface area contributed by atoms with Gasteiger partial charge in [-0.25, -0.2) is 4.98 Å². The summed E-state index contributed by atoms with van der Waals surface area (Å²) in [6.07, 6.45) is 7.77. The summed E-state index contributed by atoms with van der Waals surface area (Å²) in [6, 6.07) is 7.56. The maximum atomic E-state index is 12.6. The molecule has 0 aliphatic heterocycles. The number of thiazole rings is 1. The van der Waals surface area contributed by atoms with Crippen LogP contribution in [0.1, 0.15) is 59.3 Å². The number of anilines is 1. The Hall–Kier alpha value is -2.21. The normalized spacial score (nSPS) is 14.7. The molecule has 0 radical (unpaired) electrons. The molecule has 144 valence electrons. The molecule has 3 rings (SSSR count). The van der Waals surface area contributed by atoms with Crippen LogP contribution >= 0.6 is 11.3 Å². The monoisotopic (exact) mass is 386 g/mol. The molecule has 0 atom stereocenters. The molecule has 5 nitrogen and oxygen atoms in total. The molecule has 0 spiro atoms. The summed E-state index contributed by atoms with van der Waals surface area (Å²) in [5.41, 5.74) is 1.67. The van der Waals surface area contributed by atoms with Crippen LogP contribution in [-0.4, -0.2) is 29.9 Å². The fraction of sp³-hybridized carbons (Fsp3) is 0.476. The van der Waals surface area contributed by atoms with Crippen LogP contribution in [0.2, 0.25) is 0 Å². The summed E-state index contributed by atoms with van der Waals surface area (Å²) in [4.78, 5) is 29.4. The van der Waals surface area contributed by atoms with Gasteiger partial charge in [0.2, 0.25) is 5.78 Å². The predicted octanol–water partition coefficient (Wildman–Crippen LogP) is 4.61. The molecule has 1 aromatic carbocycles. The summed E-state index contributed by atoms with van der Waals surface area (Å²) in [7, 11) is 0. The van der Waals surface area contributed by atoms with Gasteiger partial charge in [0.05, 0.1) is 23.6 Å². The van der Waals surface area contributed by atoms with Crippen molar-refractivity contribution in [2.75, 3.05) is 18.5 Å². The summed E-state index contributed by atoms with van der Waals surface area (Å²) in [6.45, 7) is 3.01. The van der Waals surface area contributed by atoms with Gasteiger partial charge in [0, 0.05) is 12.1 Å². The van der Waals surface area contributed by atoms with Crippen LogP contribution in [0.5, 0.6) is 0 Å². The number of benzene rings is 1. The van der Waals surface area contributed by atoms with Crippen molar-refractivity contribution in [1.82, 2.24) is 4.98 Å². The van der Waals surface area contributed by atoms with Crippen LogP contribution in [0.3, 0.4) is 0 Å². The lowest BCUT2D eigenvalue weighted by Gasteiger charge is -2.19. The van der Waals surface area contributed by atoms with Gasteiger partial charge in [0.25, 0.3) is 0 Å². The van der Waals surface area contributed by atoms with Crippen molar-refractivity contribution in [3.05, 3.63) is 46.5 Å². The van der Waals surface area contributed by atoms with Crippen molar-refractivity contribution in [2.45, 2.75) is 45.4 Å². The van der Waals surface area contributed by atoms with Gasteiger partial charge in [0.1, 0.15) is 0 Å². The van der Waals surface area contributed by atoms with E-state index in [-0.39, 0.29) is 17.7 Å². The van der Waals surface area contributed by atoms with E-state index < -0.39 is 0 Å².